The normalized spacial score (nSPS) is 21.4. The Bertz CT molecular complexity index is 516. The molecule has 0 aliphatic heterocycles. The number of hydrogen-bond acceptors (Lipinski definition) is 5. The van der Waals surface area contributed by atoms with Crippen LogP contribution in [0.1, 0.15) is 31.4 Å². The minimum atomic E-state index is -0.584. The third-order valence-corrected chi connectivity index (χ3v) is 5.01. The second kappa shape index (κ2) is 5.33. The summed E-state index contributed by atoms with van der Waals surface area (Å²) in [5.41, 5.74) is 6.08. The van der Waals surface area contributed by atoms with Gasteiger partial charge in [0.1, 0.15) is 5.54 Å². The molecule has 2 fully saturated rings. The van der Waals surface area contributed by atoms with Crippen molar-refractivity contribution in [2.75, 3.05) is 5.75 Å². The second-order valence-corrected chi connectivity index (χ2v) is 6.74. The van der Waals surface area contributed by atoms with E-state index in [4.69, 9.17) is 5.73 Å². The van der Waals surface area contributed by atoms with Crippen LogP contribution in [0.15, 0.2) is 17.4 Å². The maximum Gasteiger partial charge on any atom is 0.238 e. The highest BCUT2D eigenvalue weighted by molar-refractivity contribution is 7.99. The zero-order valence-corrected chi connectivity index (χ0v) is 12.4. The first-order valence-electron chi connectivity index (χ1n) is 7.10. The molecule has 3 N–H and O–H groups in total. The number of thioether (sulfide) groups is 1. The first-order valence-corrected chi connectivity index (χ1v) is 8.09. The molecule has 0 spiro atoms. The minimum Gasteiger partial charge on any atom is -0.368 e. The number of primary amides is 1. The minimum absolute atomic E-state index is 0.230. The number of nitrogens with zero attached hydrogens (tertiary/aromatic N) is 2. The van der Waals surface area contributed by atoms with E-state index >= 15 is 0 Å². The van der Waals surface area contributed by atoms with Gasteiger partial charge in [0.25, 0.3) is 0 Å². The Morgan fingerprint density at radius 2 is 2.25 bits per heavy atom. The summed E-state index contributed by atoms with van der Waals surface area (Å²) in [6.07, 6.45) is 6.21. The molecule has 0 bridgehead atoms. The number of carbonyl (C=O) groups is 1. The van der Waals surface area contributed by atoms with Crippen LogP contribution in [0.4, 0.5) is 0 Å². The summed E-state index contributed by atoms with van der Waals surface area (Å²) in [6, 6.07) is 2.33. The molecule has 2 aliphatic carbocycles. The van der Waals surface area contributed by atoms with E-state index in [1.807, 2.05) is 13.0 Å². The van der Waals surface area contributed by atoms with Crippen molar-refractivity contribution in [3.63, 3.8) is 0 Å². The van der Waals surface area contributed by atoms with Gasteiger partial charge in [-0.15, -0.1) is 0 Å². The van der Waals surface area contributed by atoms with Gasteiger partial charge in [0.2, 0.25) is 5.91 Å². The molecule has 1 aromatic heterocycles. The summed E-state index contributed by atoms with van der Waals surface area (Å²) in [6.45, 7) is 1.94. The zero-order chi connectivity index (χ0) is 14.2. The van der Waals surface area contributed by atoms with Crippen molar-refractivity contribution in [3.8, 4) is 0 Å². The molecule has 1 unspecified atom stereocenters. The van der Waals surface area contributed by atoms with Gasteiger partial charge in [-0.3, -0.25) is 10.1 Å². The van der Waals surface area contributed by atoms with Crippen molar-refractivity contribution < 1.29 is 4.79 Å². The third kappa shape index (κ3) is 2.96. The predicted molar refractivity (Wildman–Crippen MR) is 78.3 cm³/mol. The standard InChI is InChI=1S/C14H20N4OS/c1-9-6-7-16-13(17-9)20-8-14(12(15)19,10-2-3-10)18-11-4-5-11/h6-7,10-11,18H,2-5,8H2,1H3,(H2,15,19). The van der Waals surface area contributed by atoms with Gasteiger partial charge in [-0.2, -0.15) is 0 Å². The Labute approximate surface area is 123 Å². The number of carbonyl (C=O) groups excluding carboxylic acids is 1. The highest BCUT2D eigenvalue weighted by Crippen LogP contribution is 2.43. The molecule has 2 saturated carbocycles. The third-order valence-electron chi connectivity index (χ3n) is 3.95. The van der Waals surface area contributed by atoms with Gasteiger partial charge in [0.05, 0.1) is 0 Å². The SMILES string of the molecule is Cc1ccnc(SCC(NC2CC2)(C(N)=O)C2CC2)n1. The van der Waals surface area contributed by atoms with Gasteiger partial charge in [0.15, 0.2) is 5.16 Å². The van der Waals surface area contributed by atoms with Crippen molar-refractivity contribution in [2.24, 2.45) is 11.7 Å². The molecule has 1 aromatic rings. The average Bonchev–Trinajstić information content (AvgIpc) is 3.26. The molecule has 2 aliphatic rings. The van der Waals surface area contributed by atoms with Crippen LogP contribution in [0, 0.1) is 12.8 Å². The van der Waals surface area contributed by atoms with E-state index in [1.54, 1.807) is 6.20 Å². The molecule has 0 radical (unpaired) electrons. The van der Waals surface area contributed by atoms with Crippen LogP contribution in [-0.2, 0) is 4.79 Å². The van der Waals surface area contributed by atoms with Crippen LogP contribution in [0.2, 0.25) is 0 Å². The second-order valence-electron chi connectivity index (χ2n) is 5.80. The molecule has 1 atom stereocenters. The molecular formula is C14H20N4OS. The topological polar surface area (TPSA) is 80.9 Å². The van der Waals surface area contributed by atoms with Crippen LogP contribution in [0.25, 0.3) is 0 Å². The largest absolute Gasteiger partial charge is 0.368 e. The van der Waals surface area contributed by atoms with Crippen LogP contribution in [0.3, 0.4) is 0 Å². The molecule has 6 heteroatoms. The fraction of sp³-hybridized carbons (Fsp3) is 0.643. The first-order chi connectivity index (χ1) is 9.60. The lowest BCUT2D eigenvalue weighted by Crippen LogP contribution is -2.60. The highest BCUT2D eigenvalue weighted by atomic mass is 32.2. The van der Waals surface area contributed by atoms with E-state index in [2.05, 4.69) is 15.3 Å². The van der Waals surface area contributed by atoms with E-state index in [1.165, 1.54) is 11.8 Å². The predicted octanol–water partition coefficient (Wildman–Crippen LogP) is 1.26. The van der Waals surface area contributed by atoms with E-state index in [-0.39, 0.29) is 5.91 Å². The summed E-state index contributed by atoms with van der Waals surface area (Å²) in [5, 5.41) is 4.22. The molecule has 0 aromatic carbocycles. The number of hydrogen-bond donors (Lipinski definition) is 2. The summed E-state index contributed by atoms with van der Waals surface area (Å²) in [5.74, 6) is 0.761. The van der Waals surface area contributed by atoms with E-state index in [0.29, 0.717) is 22.9 Å². The molecule has 3 rings (SSSR count). The van der Waals surface area contributed by atoms with Crippen molar-refractivity contribution in [2.45, 2.75) is 49.3 Å². The van der Waals surface area contributed by atoms with E-state index in [9.17, 15) is 4.79 Å². The quantitative estimate of drug-likeness (QED) is 0.584. The lowest BCUT2D eigenvalue weighted by molar-refractivity contribution is -0.124. The van der Waals surface area contributed by atoms with Gasteiger partial charge in [-0.25, -0.2) is 9.97 Å². The Balaban J connectivity index is 1.73. The fourth-order valence-corrected chi connectivity index (χ4v) is 3.62. The van der Waals surface area contributed by atoms with Crippen LogP contribution < -0.4 is 11.1 Å². The Hall–Kier alpha value is -1.14. The molecule has 0 saturated heterocycles. The fourth-order valence-electron chi connectivity index (χ4n) is 2.46. The van der Waals surface area contributed by atoms with E-state index in [0.717, 1.165) is 31.4 Å². The maximum atomic E-state index is 12.1. The van der Waals surface area contributed by atoms with Gasteiger partial charge in [-0.1, -0.05) is 11.8 Å². The molecule has 20 heavy (non-hydrogen) atoms. The zero-order valence-electron chi connectivity index (χ0n) is 11.6. The van der Waals surface area contributed by atoms with Crippen LogP contribution in [-0.4, -0.2) is 33.2 Å². The number of aryl methyl sites for hydroxylation is 1. The van der Waals surface area contributed by atoms with Crippen LogP contribution >= 0.6 is 11.8 Å². The Kier molecular flexibility index (Phi) is 3.69. The van der Waals surface area contributed by atoms with E-state index < -0.39 is 5.54 Å². The molecule has 5 nitrogen and oxygen atoms in total. The lowest BCUT2D eigenvalue weighted by Gasteiger charge is -2.31. The monoisotopic (exact) mass is 292 g/mol. The summed E-state index contributed by atoms with van der Waals surface area (Å²) < 4.78 is 0. The summed E-state index contributed by atoms with van der Waals surface area (Å²) in [7, 11) is 0. The first kappa shape index (κ1) is 13.8. The maximum absolute atomic E-state index is 12.1. The van der Waals surface area contributed by atoms with Crippen molar-refractivity contribution in [1.82, 2.24) is 15.3 Å². The summed E-state index contributed by atoms with van der Waals surface area (Å²) >= 11 is 1.52. The average molecular weight is 292 g/mol. The Morgan fingerprint density at radius 1 is 1.50 bits per heavy atom. The molecular weight excluding hydrogens is 272 g/mol. The number of rotatable bonds is 7. The summed E-state index contributed by atoms with van der Waals surface area (Å²) in [4.78, 5) is 20.7. The van der Waals surface area contributed by atoms with Crippen molar-refractivity contribution in [3.05, 3.63) is 18.0 Å². The van der Waals surface area contributed by atoms with Crippen LogP contribution in [0.5, 0.6) is 0 Å². The number of aromatic nitrogens is 2. The van der Waals surface area contributed by atoms with Crippen molar-refractivity contribution in [1.29, 1.82) is 0 Å². The Morgan fingerprint density at radius 3 is 2.80 bits per heavy atom. The molecule has 1 amide bonds. The van der Waals surface area contributed by atoms with Gasteiger partial charge in [0, 0.05) is 23.7 Å². The van der Waals surface area contributed by atoms with Gasteiger partial charge < -0.3 is 5.73 Å². The molecule has 1 heterocycles. The lowest BCUT2D eigenvalue weighted by atomic mass is 9.94. The smallest absolute Gasteiger partial charge is 0.238 e. The van der Waals surface area contributed by atoms with Gasteiger partial charge >= 0.3 is 0 Å². The number of amides is 1. The molecule has 108 valence electrons. The number of nitrogens with two attached hydrogens (primary N) is 1. The van der Waals surface area contributed by atoms with Crippen molar-refractivity contribution >= 4 is 17.7 Å². The van der Waals surface area contributed by atoms with Gasteiger partial charge in [-0.05, 0) is 44.6 Å². The highest BCUT2D eigenvalue weighted by Gasteiger charge is 2.51. The number of nitrogens with one attached hydrogen (secondary N) is 1.